The molecule has 0 saturated carbocycles. The van der Waals surface area contributed by atoms with Gasteiger partial charge in [0.2, 0.25) is 11.7 Å². The minimum absolute atomic E-state index is 0.0201. The van der Waals surface area contributed by atoms with Crippen LogP contribution in [0, 0.1) is 11.7 Å². The molecule has 1 fully saturated rings. The molecule has 34 heavy (non-hydrogen) atoms. The number of carbonyl (C=O) groups is 1. The predicted molar refractivity (Wildman–Crippen MR) is 117 cm³/mol. The Morgan fingerprint density at radius 2 is 1.85 bits per heavy atom. The summed E-state index contributed by atoms with van der Waals surface area (Å²) < 4.78 is 66.7. The van der Waals surface area contributed by atoms with Crippen molar-refractivity contribution in [1.29, 1.82) is 0 Å². The molecule has 2 aromatic rings. The van der Waals surface area contributed by atoms with Crippen LogP contribution in [0.3, 0.4) is 0 Å². The molecule has 0 atom stereocenters. The largest absolute Gasteiger partial charge is 0.416 e. The Hall–Kier alpha value is -3.02. The molecule has 0 unspecified atom stereocenters. The molecule has 0 radical (unpaired) electrons. The van der Waals surface area contributed by atoms with Gasteiger partial charge in [-0.15, -0.1) is 0 Å². The highest BCUT2D eigenvalue weighted by Gasteiger charge is 2.30. The predicted octanol–water partition coefficient (Wildman–Crippen LogP) is 3.22. The van der Waals surface area contributed by atoms with Gasteiger partial charge in [0.05, 0.1) is 12.1 Å². The quantitative estimate of drug-likeness (QED) is 0.502. The van der Waals surface area contributed by atoms with Gasteiger partial charge in [-0.25, -0.2) is 14.4 Å². The van der Waals surface area contributed by atoms with Crippen molar-refractivity contribution in [2.75, 3.05) is 49.6 Å². The summed E-state index contributed by atoms with van der Waals surface area (Å²) in [7, 11) is 0. The zero-order chi connectivity index (χ0) is 24.7. The monoisotopic (exact) mass is 486 g/mol. The normalized spacial score (nSPS) is 15.3. The fourth-order valence-electron chi connectivity index (χ4n) is 3.90. The van der Waals surface area contributed by atoms with E-state index in [0.717, 1.165) is 31.3 Å². The molecule has 2 heterocycles. The zero-order valence-corrected chi connectivity index (χ0v) is 18.5. The minimum Gasteiger partial charge on any atom is -0.369 e. The molecule has 12 heteroatoms. The highest BCUT2D eigenvalue weighted by atomic mass is 19.4. The number of piperidine rings is 1. The van der Waals surface area contributed by atoms with Crippen LogP contribution in [0.2, 0.25) is 0 Å². The molecule has 1 saturated heterocycles. The smallest absolute Gasteiger partial charge is 0.369 e. The summed E-state index contributed by atoms with van der Waals surface area (Å²) in [6, 6.07) is 4.41. The molecule has 1 aromatic carbocycles. The molecule has 1 aromatic heterocycles. The number of hydrogen-bond donors (Lipinski definition) is 2. The third-order valence-corrected chi connectivity index (χ3v) is 5.72. The van der Waals surface area contributed by atoms with Crippen molar-refractivity contribution < 1.29 is 26.7 Å². The van der Waals surface area contributed by atoms with Gasteiger partial charge >= 0.3 is 6.18 Å². The lowest BCUT2D eigenvalue weighted by molar-refractivity contribution is -0.137. The summed E-state index contributed by atoms with van der Waals surface area (Å²) in [5, 5.41) is 2.98. The Labute approximate surface area is 194 Å². The molecule has 0 spiro atoms. The third-order valence-electron chi connectivity index (χ3n) is 5.72. The van der Waals surface area contributed by atoms with Gasteiger partial charge in [-0.2, -0.15) is 17.6 Å². The summed E-state index contributed by atoms with van der Waals surface area (Å²) in [5.74, 6) is -1.04. The van der Waals surface area contributed by atoms with Gasteiger partial charge < -0.3 is 16.0 Å². The molecule has 1 aliphatic rings. The lowest BCUT2D eigenvalue weighted by Crippen LogP contribution is -2.40. The minimum atomic E-state index is -4.46. The fourth-order valence-corrected chi connectivity index (χ4v) is 3.90. The van der Waals surface area contributed by atoms with E-state index < -0.39 is 24.2 Å². The van der Waals surface area contributed by atoms with E-state index in [4.69, 9.17) is 5.73 Å². The number of benzene rings is 1. The fraction of sp³-hybridized carbons (Fsp3) is 0.500. The van der Waals surface area contributed by atoms with E-state index in [-0.39, 0.29) is 43.1 Å². The average molecular weight is 486 g/mol. The van der Waals surface area contributed by atoms with Crippen LogP contribution in [-0.2, 0) is 17.5 Å². The number of anilines is 2. The second-order valence-corrected chi connectivity index (χ2v) is 8.23. The molecular weight excluding hydrogens is 459 g/mol. The van der Waals surface area contributed by atoms with E-state index in [1.807, 2.05) is 4.90 Å². The number of halogens is 5. The highest BCUT2D eigenvalue weighted by molar-refractivity contribution is 5.75. The van der Waals surface area contributed by atoms with Crippen molar-refractivity contribution in [3.63, 3.8) is 0 Å². The van der Waals surface area contributed by atoms with Crippen molar-refractivity contribution in [1.82, 2.24) is 14.9 Å². The number of aromatic nitrogens is 2. The molecular formula is C22H27F5N6O. The van der Waals surface area contributed by atoms with Crippen LogP contribution in [0.25, 0.3) is 0 Å². The van der Waals surface area contributed by atoms with Crippen LogP contribution < -0.4 is 16.0 Å². The first-order valence-electron chi connectivity index (χ1n) is 10.9. The summed E-state index contributed by atoms with van der Waals surface area (Å²) >= 11 is 0. The van der Waals surface area contributed by atoms with E-state index >= 15 is 4.39 Å². The first-order valence-corrected chi connectivity index (χ1v) is 10.9. The number of rotatable bonds is 10. The van der Waals surface area contributed by atoms with E-state index in [9.17, 15) is 22.4 Å². The Kier molecular flexibility index (Phi) is 8.59. The van der Waals surface area contributed by atoms with Gasteiger partial charge in [-0.05, 0) is 49.5 Å². The van der Waals surface area contributed by atoms with Gasteiger partial charge in [0.1, 0.15) is 13.0 Å². The average Bonchev–Trinajstić information content (AvgIpc) is 2.78. The topological polar surface area (TPSA) is 87.4 Å². The van der Waals surface area contributed by atoms with Crippen molar-refractivity contribution in [3.8, 4) is 0 Å². The molecule has 1 aliphatic heterocycles. The molecule has 3 rings (SSSR count). The standard InChI is InChI=1S/C22H27F5N6O/c23-7-10-33(12-16-1-3-17(4-2-16)22(25,26)27)21-19(24)20(30-14-31-21)29-11-15-5-8-32(9-6-15)13-18(28)34/h1-4,14-15H,5-13H2,(H2,28,34)(H,29,30,31). The van der Waals surface area contributed by atoms with Crippen molar-refractivity contribution in [2.45, 2.75) is 25.6 Å². The Balaban J connectivity index is 1.64. The van der Waals surface area contributed by atoms with Crippen molar-refractivity contribution >= 4 is 17.5 Å². The van der Waals surface area contributed by atoms with Crippen LogP contribution in [0.5, 0.6) is 0 Å². The van der Waals surface area contributed by atoms with E-state index in [2.05, 4.69) is 15.3 Å². The van der Waals surface area contributed by atoms with Crippen LogP contribution in [-0.4, -0.2) is 60.2 Å². The van der Waals surface area contributed by atoms with Crippen LogP contribution in [0.1, 0.15) is 24.0 Å². The van der Waals surface area contributed by atoms with Gasteiger partial charge in [0, 0.05) is 19.6 Å². The molecule has 1 amide bonds. The van der Waals surface area contributed by atoms with Crippen LogP contribution >= 0.6 is 0 Å². The number of amides is 1. The number of hydrogen-bond acceptors (Lipinski definition) is 6. The van der Waals surface area contributed by atoms with Crippen LogP contribution in [0.15, 0.2) is 30.6 Å². The summed E-state index contributed by atoms with van der Waals surface area (Å²) in [6.45, 7) is 1.10. The van der Waals surface area contributed by atoms with Crippen molar-refractivity contribution in [3.05, 3.63) is 47.5 Å². The number of carbonyl (C=O) groups excluding carboxylic acids is 1. The number of alkyl halides is 4. The number of likely N-dealkylation sites (tertiary alicyclic amines) is 1. The number of nitrogens with zero attached hydrogens (tertiary/aromatic N) is 4. The highest BCUT2D eigenvalue weighted by Crippen LogP contribution is 2.30. The number of primary amides is 1. The van der Waals surface area contributed by atoms with Gasteiger partial charge in [-0.1, -0.05) is 12.1 Å². The Morgan fingerprint density at radius 1 is 1.18 bits per heavy atom. The first-order chi connectivity index (χ1) is 16.2. The second-order valence-electron chi connectivity index (χ2n) is 8.23. The summed E-state index contributed by atoms with van der Waals surface area (Å²) in [5.41, 5.74) is 4.88. The maximum atomic E-state index is 15.2. The lowest BCUT2D eigenvalue weighted by Gasteiger charge is -2.31. The van der Waals surface area contributed by atoms with E-state index in [0.29, 0.717) is 25.2 Å². The summed E-state index contributed by atoms with van der Waals surface area (Å²) in [4.78, 5) is 22.2. The Bertz CT molecular complexity index is 948. The maximum Gasteiger partial charge on any atom is 0.416 e. The van der Waals surface area contributed by atoms with E-state index in [1.54, 1.807) is 0 Å². The van der Waals surface area contributed by atoms with Gasteiger partial charge in [0.25, 0.3) is 0 Å². The number of nitrogens with two attached hydrogens (primary N) is 1. The Morgan fingerprint density at radius 3 is 2.44 bits per heavy atom. The van der Waals surface area contributed by atoms with Crippen molar-refractivity contribution in [2.24, 2.45) is 11.7 Å². The van der Waals surface area contributed by atoms with Crippen LogP contribution in [0.4, 0.5) is 33.6 Å². The maximum absolute atomic E-state index is 15.2. The van der Waals surface area contributed by atoms with E-state index in [1.165, 1.54) is 17.0 Å². The second kappa shape index (κ2) is 11.4. The SMILES string of the molecule is NC(=O)CN1CCC(CNc2ncnc(N(CCF)Cc3ccc(C(F)(F)F)cc3)c2F)CC1. The zero-order valence-electron chi connectivity index (χ0n) is 18.5. The summed E-state index contributed by atoms with van der Waals surface area (Å²) in [6.07, 6.45) is -1.69. The molecule has 0 bridgehead atoms. The van der Waals surface area contributed by atoms with Gasteiger partial charge in [0.15, 0.2) is 11.6 Å². The molecule has 3 N–H and O–H groups in total. The lowest BCUT2D eigenvalue weighted by atomic mass is 9.97. The molecule has 186 valence electrons. The third kappa shape index (κ3) is 6.99. The first kappa shape index (κ1) is 25.6. The number of nitrogens with one attached hydrogen (secondary N) is 1. The molecule has 7 nitrogen and oxygen atoms in total. The molecule has 0 aliphatic carbocycles. The van der Waals surface area contributed by atoms with Gasteiger partial charge in [-0.3, -0.25) is 9.69 Å².